The van der Waals surface area contributed by atoms with Gasteiger partial charge in [-0.2, -0.15) is 93.2 Å². The second-order valence-corrected chi connectivity index (χ2v) is 38.8. The fraction of sp³-hybridized carbons (Fsp3) is 0.611. The Morgan fingerprint density at radius 3 is 0.947 bits per heavy atom. The predicted octanol–water partition coefficient (Wildman–Crippen LogP) is 21.8. The van der Waals surface area contributed by atoms with E-state index in [0.29, 0.717) is 127 Å². The SMILES string of the molecule is CC(C)(C)OC(=O)N1C[C@H]2CC[C@@H](C1)C2N.CC(C)n1nc(Br)nc1Oc1cccc(C(F)(F)F)c1F.CC(C)n1nc(CC2[C@@H]3CC[C@H]2CN(C#N)C3)nc1Oc1cccc(C(F)(F)F)c1F.CC(C)n1nc(CC2[C@@H]3CC[C@H]2CN(C(=O)OC(C)(C)C)C3)nc1Oc1cccc(C(F)(F)F)c1F.CC(C)n1nc(CC2[C@@H]3CC[C@H]2CNC3)nc1Oc1cccc(C(F)(F)F)c1F. The molecule has 0 radical (unpaired) electrons. The van der Waals surface area contributed by atoms with Crippen molar-refractivity contribution in [2.45, 2.75) is 234 Å². The molecule has 12 atom stereocenters. The number of nitrogens with zero attached hydrogens (tertiary/aromatic N) is 16. The van der Waals surface area contributed by atoms with Crippen molar-refractivity contribution >= 4 is 28.1 Å². The number of amides is 2. The van der Waals surface area contributed by atoms with Crippen LogP contribution in [0.3, 0.4) is 0 Å². The Morgan fingerprint density at radius 2 is 0.669 bits per heavy atom. The van der Waals surface area contributed by atoms with E-state index in [9.17, 15) is 85.1 Å². The standard InChI is InChI=1S/C25H32F4N4O3.C21H23F4N5O.C20H24F4N4O.C12H10BrF4N3O.C12H22N2O2/c1-14(2)33-22(35-19-8-6-7-18(21(19)26)25(27,28)29)30-20(31-33)11-17-15-9-10-16(17)13-32(12-15)23(34)36-24(3,4)5;1-12(2)30-20(31-17-5-3-4-16(19(17)22)21(23,24)25)27-18(28-30)8-15-13-6-7-14(15)10-29(9-13)11-26;1-11(2)28-19(29-16-5-3-4-15(18(16)21)20(22,23)24)26-17(27-28)8-14-12-6-7-13(14)10-25-9-12;1-6(2)20-11(18-10(13)19-20)21-8-5-3-4-7(9(8)14)12(15,16)17;1-12(2,3)16-11(15)14-6-8-4-5-9(7-14)10(8)13/h6-8,14-17H,9-13H2,1-5H3;3-5,12-15H,6-10H2,1-2H3;3-5,11-14,25H,6-10H2,1-2H3;3-6H,1-2H3;8-10H,4-7,13H2,1-3H3/t15-,16+,17?;13-,14+,15?;12-,13+,14?;;8-,9+,10?. The third kappa shape index (κ3) is 25.1. The van der Waals surface area contributed by atoms with Crippen LogP contribution in [0.4, 0.5) is 79.8 Å². The van der Waals surface area contributed by atoms with E-state index in [1.54, 1.807) is 23.6 Å². The third-order valence-electron chi connectivity index (χ3n) is 24.9. The average Bonchev–Trinajstić information content (AvgIpc) is 1.65. The number of alkyl halides is 12. The Morgan fingerprint density at radius 1 is 0.414 bits per heavy atom. The maximum atomic E-state index is 14.5. The number of nitrogens with two attached hydrogens (primary N) is 1. The van der Waals surface area contributed by atoms with Crippen molar-refractivity contribution in [3.63, 3.8) is 0 Å². The summed E-state index contributed by atoms with van der Waals surface area (Å²) in [5.74, 6) is -1.97. The fourth-order valence-electron chi connectivity index (χ4n) is 18.7. The first-order chi connectivity index (χ1) is 62.2. The van der Waals surface area contributed by atoms with Gasteiger partial charge in [0.15, 0.2) is 69.9 Å². The number of hydrogen-bond acceptors (Lipinski definition) is 20. The minimum atomic E-state index is -4.84. The molecular weight excluding hydrogens is 1840 g/mol. The second kappa shape index (κ2) is 41.1. The Bertz CT molecular complexity index is 5330. The van der Waals surface area contributed by atoms with Gasteiger partial charge in [0, 0.05) is 64.6 Å². The summed E-state index contributed by atoms with van der Waals surface area (Å²) in [7, 11) is 0. The molecule has 8 heterocycles. The number of piperidine rings is 4. The molecule has 8 aromatic rings. The molecule has 16 rings (SSSR count). The molecule has 133 heavy (non-hydrogen) atoms. The molecule has 4 aliphatic heterocycles. The van der Waals surface area contributed by atoms with Crippen LogP contribution in [-0.2, 0) is 53.4 Å². The van der Waals surface area contributed by atoms with Crippen molar-refractivity contribution in [2.75, 3.05) is 52.4 Å². The second-order valence-electron chi connectivity index (χ2n) is 38.1. The number of likely N-dealkylation sites (tertiary alicyclic amines) is 3. The minimum absolute atomic E-state index is 0.00880. The molecule has 43 heteroatoms. The number of aromatic nitrogens is 12. The maximum Gasteiger partial charge on any atom is 0.419 e. The van der Waals surface area contributed by atoms with E-state index in [1.807, 2.05) is 88.0 Å². The van der Waals surface area contributed by atoms with Gasteiger partial charge in [0.05, 0.1) is 46.4 Å². The van der Waals surface area contributed by atoms with Crippen LogP contribution in [0.1, 0.15) is 212 Å². The zero-order valence-electron chi connectivity index (χ0n) is 76.0. The molecule has 8 fully saturated rings. The molecule has 4 saturated carbocycles. The monoisotopic (exact) mass is 1950 g/mol. The Hall–Kier alpha value is -10.3. The summed E-state index contributed by atoms with van der Waals surface area (Å²) >= 11 is 3.03. The van der Waals surface area contributed by atoms with Crippen LogP contribution >= 0.6 is 15.9 Å². The highest BCUT2D eigenvalue weighted by Crippen LogP contribution is 2.49. The number of carbonyl (C=O) groups excluding carboxylic acids is 2. The quantitative estimate of drug-likeness (QED) is 0.0596. The smallest absolute Gasteiger partial charge is 0.419 e. The lowest BCUT2D eigenvalue weighted by Crippen LogP contribution is -2.51. The molecule has 8 aliphatic rings. The van der Waals surface area contributed by atoms with Crippen LogP contribution in [0, 0.1) is 99.8 Å². The van der Waals surface area contributed by atoms with Crippen LogP contribution in [0.15, 0.2) is 77.5 Å². The lowest BCUT2D eigenvalue weighted by Gasteiger charge is -2.38. The lowest BCUT2D eigenvalue weighted by atomic mass is 9.82. The highest BCUT2D eigenvalue weighted by atomic mass is 79.9. The van der Waals surface area contributed by atoms with E-state index < -0.39 is 104 Å². The third-order valence-corrected chi connectivity index (χ3v) is 25.3. The van der Waals surface area contributed by atoms with Crippen molar-refractivity contribution < 1.29 is 108 Å². The zero-order valence-corrected chi connectivity index (χ0v) is 77.6. The Balaban J connectivity index is 0.000000153. The van der Waals surface area contributed by atoms with E-state index in [4.69, 9.17) is 34.2 Å². The van der Waals surface area contributed by atoms with Gasteiger partial charge in [-0.1, -0.05) is 24.3 Å². The van der Waals surface area contributed by atoms with Crippen molar-refractivity contribution in [3.8, 4) is 53.2 Å². The molecule has 4 aliphatic carbocycles. The zero-order chi connectivity index (χ0) is 97.2. The Labute approximate surface area is 767 Å². The lowest BCUT2D eigenvalue weighted by molar-refractivity contribution is -0.141. The molecule has 4 unspecified atom stereocenters. The summed E-state index contributed by atoms with van der Waals surface area (Å²) in [6.07, 6.45) is -6.93. The van der Waals surface area contributed by atoms with Gasteiger partial charge in [0.1, 0.15) is 11.2 Å². The van der Waals surface area contributed by atoms with Gasteiger partial charge in [-0.05, 0) is 291 Å². The van der Waals surface area contributed by atoms with Gasteiger partial charge in [-0.25, -0.2) is 45.9 Å². The number of benzene rings is 4. The van der Waals surface area contributed by atoms with Gasteiger partial charge in [-0.15, -0.1) is 5.10 Å². The van der Waals surface area contributed by atoms with Gasteiger partial charge in [0.25, 0.3) is 0 Å². The van der Waals surface area contributed by atoms with E-state index in [2.05, 4.69) is 67.8 Å². The van der Waals surface area contributed by atoms with Crippen LogP contribution < -0.4 is 30.0 Å². The topological polar surface area (TPSA) is 284 Å². The number of hydrogen-bond donors (Lipinski definition) is 2. The number of ether oxygens (including phenoxy) is 6. The summed E-state index contributed by atoms with van der Waals surface area (Å²) in [5.41, 5.74) is -0.415. The summed E-state index contributed by atoms with van der Waals surface area (Å²) in [5, 5.41) is 30.1. The Kier molecular flexibility index (Phi) is 31.5. The van der Waals surface area contributed by atoms with Gasteiger partial charge in [0.2, 0.25) is 4.73 Å². The number of carbonyl (C=O) groups is 2. The van der Waals surface area contributed by atoms with Crippen molar-refractivity contribution in [3.05, 3.63) is 141 Å². The van der Waals surface area contributed by atoms with E-state index in [0.717, 1.165) is 126 Å². The van der Waals surface area contributed by atoms with Gasteiger partial charge in [-0.3, -0.25) is 0 Å². The van der Waals surface area contributed by atoms with Crippen molar-refractivity contribution in [1.29, 1.82) is 5.26 Å². The van der Waals surface area contributed by atoms with Crippen molar-refractivity contribution in [1.82, 2.24) is 79.1 Å². The number of rotatable bonds is 18. The average molecular weight is 1960 g/mol. The first-order valence-corrected chi connectivity index (χ1v) is 45.2. The normalized spacial score (nSPS) is 22.7. The van der Waals surface area contributed by atoms with Crippen LogP contribution in [0.2, 0.25) is 0 Å². The molecule has 4 aromatic carbocycles. The van der Waals surface area contributed by atoms with Crippen LogP contribution in [0.25, 0.3) is 0 Å². The highest BCUT2D eigenvalue weighted by molar-refractivity contribution is 9.10. The predicted molar refractivity (Wildman–Crippen MR) is 455 cm³/mol. The summed E-state index contributed by atoms with van der Waals surface area (Å²) in [6, 6.07) is 11.0. The van der Waals surface area contributed by atoms with Crippen molar-refractivity contribution in [2.24, 2.45) is 70.8 Å². The summed E-state index contributed by atoms with van der Waals surface area (Å²) in [6.45, 7) is 32.0. The molecule has 3 N–H and O–H groups in total. The summed E-state index contributed by atoms with van der Waals surface area (Å²) in [4.78, 5) is 47.0. The first-order valence-electron chi connectivity index (χ1n) is 44.4. The minimum Gasteiger partial charge on any atom is -0.444 e. The van der Waals surface area contributed by atoms with Gasteiger partial charge < -0.3 is 54.2 Å². The van der Waals surface area contributed by atoms with E-state index >= 15 is 0 Å². The molecule has 2 amide bonds. The van der Waals surface area contributed by atoms with Crippen LogP contribution in [-0.4, -0.2) is 156 Å². The molecule has 4 aromatic heterocycles. The summed E-state index contributed by atoms with van der Waals surface area (Å²) < 4.78 is 251. The molecule has 26 nitrogen and oxygen atoms in total. The molecule has 728 valence electrons. The van der Waals surface area contributed by atoms with E-state index in [-0.39, 0.29) is 82.9 Å². The largest absolute Gasteiger partial charge is 0.444 e. The molecule has 4 saturated heterocycles. The number of fused-ring (bicyclic) bond motifs is 8. The number of nitriles is 1. The van der Waals surface area contributed by atoms with Gasteiger partial charge >= 0.3 is 60.9 Å². The number of halogens is 17. The highest BCUT2D eigenvalue weighted by Gasteiger charge is 2.49. The fourth-order valence-corrected chi connectivity index (χ4v) is 19.0. The first kappa shape index (κ1) is 102. The molecule has 0 spiro atoms. The van der Waals surface area contributed by atoms with E-state index in [1.165, 1.54) is 31.6 Å². The molecule has 8 bridgehead atoms. The number of nitrogens with one attached hydrogen (secondary N) is 1. The maximum absolute atomic E-state index is 14.5. The molecular formula is C90H111BrF16N18O8. The van der Waals surface area contributed by atoms with Crippen LogP contribution in [0.5, 0.6) is 47.0 Å².